The van der Waals surface area contributed by atoms with E-state index in [9.17, 15) is 17.6 Å². The lowest BCUT2D eigenvalue weighted by Crippen LogP contribution is -2.45. The molecule has 2 N–H and O–H groups in total. The van der Waals surface area contributed by atoms with Crippen molar-refractivity contribution in [2.24, 2.45) is 0 Å². The molecule has 0 saturated heterocycles. The fourth-order valence-corrected chi connectivity index (χ4v) is 4.67. The van der Waals surface area contributed by atoms with Gasteiger partial charge in [0.1, 0.15) is 16.1 Å². The Morgan fingerprint density at radius 3 is 2.33 bits per heavy atom. The van der Waals surface area contributed by atoms with Crippen LogP contribution in [-0.2, 0) is 21.2 Å². The highest BCUT2D eigenvalue weighted by atomic mass is 32.2. The summed E-state index contributed by atoms with van der Waals surface area (Å²) in [6, 6.07) is 16.5. The van der Waals surface area contributed by atoms with E-state index < -0.39 is 27.8 Å². The first-order valence-corrected chi connectivity index (χ1v) is 10.5. The molecule has 2 aromatic carbocycles. The number of hydrogen-bond acceptors (Lipinski definition) is 4. The van der Waals surface area contributed by atoms with E-state index in [4.69, 9.17) is 0 Å². The molecule has 0 bridgehead atoms. The number of thiophene rings is 1. The monoisotopic (exact) mass is 404 g/mol. The third kappa shape index (κ3) is 5.22. The largest absolute Gasteiger partial charge is 0.325 e. The second-order valence-corrected chi connectivity index (χ2v) is 8.68. The number of anilines is 1. The summed E-state index contributed by atoms with van der Waals surface area (Å²) in [6.07, 6.45) is 0.179. The van der Waals surface area contributed by atoms with Gasteiger partial charge < -0.3 is 5.32 Å². The summed E-state index contributed by atoms with van der Waals surface area (Å²) in [5, 5.41) is 4.28. The molecule has 5 nitrogen and oxygen atoms in total. The third-order valence-corrected chi connectivity index (χ3v) is 6.64. The van der Waals surface area contributed by atoms with Gasteiger partial charge in [-0.1, -0.05) is 36.4 Å². The molecule has 1 aromatic heterocycles. The van der Waals surface area contributed by atoms with E-state index in [0.717, 1.165) is 16.9 Å². The molecule has 0 saturated carbocycles. The first kappa shape index (κ1) is 19.2. The van der Waals surface area contributed by atoms with Gasteiger partial charge in [0.25, 0.3) is 10.0 Å². The second kappa shape index (κ2) is 8.43. The highest BCUT2D eigenvalue weighted by Gasteiger charge is 2.26. The van der Waals surface area contributed by atoms with Crippen LogP contribution in [0.4, 0.5) is 10.1 Å². The summed E-state index contributed by atoms with van der Waals surface area (Å²) >= 11 is 1.07. The number of carbonyl (C=O) groups excluding carboxylic acids is 1. The van der Waals surface area contributed by atoms with E-state index in [0.29, 0.717) is 5.69 Å². The minimum Gasteiger partial charge on any atom is -0.325 e. The summed E-state index contributed by atoms with van der Waals surface area (Å²) in [6.45, 7) is 0. The van der Waals surface area contributed by atoms with Crippen LogP contribution < -0.4 is 10.0 Å². The number of benzene rings is 2. The summed E-state index contributed by atoms with van der Waals surface area (Å²) in [7, 11) is -3.83. The topological polar surface area (TPSA) is 75.3 Å². The molecule has 0 aliphatic carbocycles. The smallest absolute Gasteiger partial charge is 0.250 e. The Morgan fingerprint density at radius 1 is 1.00 bits per heavy atom. The summed E-state index contributed by atoms with van der Waals surface area (Å²) < 4.78 is 40.8. The van der Waals surface area contributed by atoms with Crippen molar-refractivity contribution >= 4 is 33.0 Å². The Kier molecular flexibility index (Phi) is 6.00. The number of nitrogens with one attached hydrogen (secondary N) is 2. The first-order chi connectivity index (χ1) is 12.9. The minimum atomic E-state index is -3.83. The van der Waals surface area contributed by atoms with E-state index in [2.05, 4.69) is 10.0 Å². The van der Waals surface area contributed by atoms with Crippen molar-refractivity contribution in [1.82, 2.24) is 4.72 Å². The molecule has 3 aromatic rings. The molecule has 1 atom stereocenters. The van der Waals surface area contributed by atoms with Gasteiger partial charge in [-0.25, -0.2) is 12.8 Å². The molecule has 0 aliphatic rings. The highest BCUT2D eigenvalue weighted by Crippen LogP contribution is 2.17. The quantitative estimate of drug-likeness (QED) is 0.634. The molecule has 1 heterocycles. The molecule has 0 fully saturated rings. The van der Waals surface area contributed by atoms with Crippen LogP contribution in [0.2, 0.25) is 0 Å². The molecular formula is C19H17FN2O3S2. The van der Waals surface area contributed by atoms with E-state index in [1.54, 1.807) is 11.4 Å². The molecule has 27 heavy (non-hydrogen) atoms. The number of halogens is 1. The highest BCUT2D eigenvalue weighted by molar-refractivity contribution is 7.91. The average molecular weight is 404 g/mol. The second-order valence-electron chi connectivity index (χ2n) is 5.79. The zero-order valence-electron chi connectivity index (χ0n) is 14.1. The predicted molar refractivity (Wildman–Crippen MR) is 104 cm³/mol. The van der Waals surface area contributed by atoms with E-state index in [1.165, 1.54) is 30.3 Å². The molecule has 1 amide bonds. The predicted octanol–water partition coefficient (Wildman–Crippen LogP) is 3.42. The maximum absolute atomic E-state index is 13.0. The van der Waals surface area contributed by atoms with Crippen molar-refractivity contribution < 1.29 is 17.6 Å². The van der Waals surface area contributed by atoms with Crippen LogP contribution in [0.3, 0.4) is 0 Å². The fourth-order valence-electron chi connectivity index (χ4n) is 2.46. The van der Waals surface area contributed by atoms with Crippen molar-refractivity contribution in [2.75, 3.05) is 5.32 Å². The Balaban J connectivity index is 1.82. The number of amides is 1. The van der Waals surface area contributed by atoms with Crippen molar-refractivity contribution in [1.29, 1.82) is 0 Å². The van der Waals surface area contributed by atoms with Crippen molar-refractivity contribution in [3.8, 4) is 0 Å². The van der Waals surface area contributed by atoms with Crippen LogP contribution in [-0.4, -0.2) is 20.4 Å². The van der Waals surface area contributed by atoms with Crippen LogP contribution in [0.15, 0.2) is 76.3 Å². The van der Waals surface area contributed by atoms with E-state index in [-0.39, 0.29) is 10.6 Å². The minimum absolute atomic E-state index is 0.134. The number of hydrogen-bond donors (Lipinski definition) is 2. The normalized spacial score (nSPS) is 12.5. The zero-order chi connectivity index (χ0) is 19.3. The van der Waals surface area contributed by atoms with Crippen molar-refractivity contribution in [3.63, 3.8) is 0 Å². The van der Waals surface area contributed by atoms with E-state index >= 15 is 0 Å². The van der Waals surface area contributed by atoms with Gasteiger partial charge in [-0.2, -0.15) is 4.72 Å². The van der Waals surface area contributed by atoms with Gasteiger partial charge in [-0.05, 0) is 47.7 Å². The number of sulfonamides is 1. The fraction of sp³-hybridized carbons (Fsp3) is 0.105. The Morgan fingerprint density at radius 2 is 1.70 bits per heavy atom. The van der Waals surface area contributed by atoms with Gasteiger partial charge in [0, 0.05) is 5.69 Å². The molecule has 0 spiro atoms. The third-order valence-electron chi connectivity index (χ3n) is 3.77. The maximum Gasteiger partial charge on any atom is 0.250 e. The van der Waals surface area contributed by atoms with Gasteiger partial charge in [-0.15, -0.1) is 11.3 Å². The summed E-state index contributed by atoms with van der Waals surface area (Å²) in [5.41, 5.74) is 1.19. The lowest BCUT2D eigenvalue weighted by Gasteiger charge is -2.18. The number of carbonyl (C=O) groups is 1. The van der Waals surface area contributed by atoms with Crippen LogP contribution in [0.1, 0.15) is 5.56 Å². The lowest BCUT2D eigenvalue weighted by atomic mass is 10.1. The first-order valence-electron chi connectivity index (χ1n) is 8.10. The average Bonchev–Trinajstić information content (AvgIpc) is 3.19. The molecule has 1 unspecified atom stereocenters. The van der Waals surface area contributed by atoms with Crippen LogP contribution in [0.25, 0.3) is 0 Å². The Hall–Kier alpha value is -2.55. The van der Waals surface area contributed by atoms with Crippen LogP contribution >= 0.6 is 11.3 Å². The Bertz CT molecular complexity index is 989. The standard InChI is InChI=1S/C19H17FN2O3S2/c20-15-8-10-16(11-9-15)21-19(23)17(13-14-5-2-1-3-6-14)22-27(24,25)18-7-4-12-26-18/h1-12,17,22H,13H2,(H,21,23). The van der Waals surface area contributed by atoms with Crippen LogP contribution in [0.5, 0.6) is 0 Å². The molecule has 0 aliphatic heterocycles. The zero-order valence-corrected chi connectivity index (χ0v) is 15.8. The Labute approximate surface area is 160 Å². The van der Waals surface area contributed by atoms with Gasteiger partial charge >= 0.3 is 0 Å². The van der Waals surface area contributed by atoms with E-state index in [1.807, 2.05) is 30.3 Å². The van der Waals surface area contributed by atoms with Gasteiger partial charge in [0.15, 0.2) is 0 Å². The number of rotatable bonds is 7. The van der Waals surface area contributed by atoms with Gasteiger partial charge in [0.2, 0.25) is 5.91 Å². The van der Waals surface area contributed by atoms with Crippen LogP contribution in [0, 0.1) is 5.82 Å². The SMILES string of the molecule is O=C(Nc1ccc(F)cc1)C(Cc1ccccc1)NS(=O)(=O)c1cccs1. The molecule has 140 valence electrons. The molecule has 0 radical (unpaired) electrons. The summed E-state index contributed by atoms with van der Waals surface area (Å²) in [4.78, 5) is 12.7. The molecule has 3 rings (SSSR count). The van der Waals surface area contributed by atoms with Gasteiger partial charge in [-0.3, -0.25) is 4.79 Å². The summed E-state index contributed by atoms with van der Waals surface area (Å²) in [5.74, 6) is -0.946. The van der Waals surface area contributed by atoms with Crippen molar-refractivity contribution in [3.05, 3.63) is 83.5 Å². The van der Waals surface area contributed by atoms with Crippen molar-refractivity contribution in [2.45, 2.75) is 16.7 Å². The van der Waals surface area contributed by atoms with Gasteiger partial charge in [0.05, 0.1) is 0 Å². The lowest BCUT2D eigenvalue weighted by molar-refractivity contribution is -0.117. The molecule has 8 heteroatoms. The molecular weight excluding hydrogens is 387 g/mol. The maximum atomic E-state index is 13.0.